The van der Waals surface area contributed by atoms with E-state index in [0.717, 1.165) is 5.56 Å². The van der Waals surface area contributed by atoms with Crippen molar-refractivity contribution in [2.24, 2.45) is 0 Å². The van der Waals surface area contributed by atoms with Gasteiger partial charge in [-0.15, -0.1) is 0 Å². The number of hydrogen-bond acceptors (Lipinski definition) is 3. The van der Waals surface area contributed by atoms with E-state index in [4.69, 9.17) is 24.2 Å². The number of fused-ring (bicyclic) bond motifs is 1. The predicted octanol–water partition coefficient (Wildman–Crippen LogP) is 2.32. The van der Waals surface area contributed by atoms with Crippen LogP contribution in [-0.4, -0.2) is 22.4 Å². The van der Waals surface area contributed by atoms with Gasteiger partial charge in [-0.1, -0.05) is 23.1 Å². The molecule has 0 bridgehead atoms. The molecular weight excluding hydrogens is 272 g/mol. The minimum Gasteiger partial charge on any atom is -0.484 e. The monoisotopic (exact) mass is 283 g/mol. The Bertz CT molecular complexity index is 745. The zero-order valence-electron chi connectivity index (χ0n) is 10.8. The quantitative estimate of drug-likeness (QED) is 0.693. The minimum atomic E-state index is -0.166. The van der Waals surface area contributed by atoms with E-state index in [1.807, 2.05) is 19.1 Å². The Hall–Kier alpha value is -2.01. The maximum Gasteiger partial charge on any atom is 0.146 e. The summed E-state index contributed by atoms with van der Waals surface area (Å²) < 4.78 is 7.58. The van der Waals surface area contributed by atoms with Gasteiger partial charge in [-0.25, -0.2) is 4.52 Å². The van der Waals surface area contributed by atoms with E-state index in [9.17, 15) is 0 Å². The highest BCUT2D eigenvalue weighted by atomic mass is 35.5. The first-order chi connectivity index (χ1) is 9.65. The SMILES string of the molecule is [B]c1cc(OC(C)c2cccnc2)c2c(Cl)cnn2c1. The van der Waals surface area contributed by atoms with Gasteiger partial charge in [-0.2, -0.15) is 5.10 Å². The van der Waals surface area contributed by atoms with Crippen molar-refractivity contribution < 1.29 is 4.74 Å². The number of nitrogens with zero attached hydrogens (tertiary/aromatic N) is 3. The summed E-state index contributed by atoms with van der Waals surface area (Å²) in [6.07, 6.45) is 6.59. The number of aromatic nitrogens is 3. The van der Waals surface area contributed by atoms with Gasteiger partial charge in [-0.3, -0.25) is 4.98 Å². The molecule has 3 aromatic heterocycles. The third-order valence-corrected chi connectivity index (χ3v) is 3.29. The molecule has 3 rings (SSSR count). The van der Waals surface area contributed by atoms with Crippen LogP contribution in [0, 0.1) is 0 Å². The summed E-state index contributed by atoms with van der Waals surface area (Å²) in [6.45, 7) is 1.95. The summed E-state index contributed by atoms with van der Waals surface area (Å²) >= 11 is 6.14. The molecule has 0 spiro atoms. The van der Waals surface area contributed by atoms with Crippen LogP contribution in [0.4, 0.5) is 0 Å². The molecule has 6 heteroatoms. The van der Waals surface area contributed by atoms with Gasteiger partial charge in [0.05, 0.1) is 11.2 Å². The van der Waals surface area contributed by atoms with Crippen molar-refractivity contribution in [2.45, 2.75) is 13.0 Å². The number of halogens is 1. The third-order valence-electron chi connectivity index (χ3n) is 3.01. The largest absolute Gasteiger partial charge is 0.484 e. The van der Waals surface area contributed by atoms with Gasteiger partial charge in [-0.05, 0) is 19.1 Å². The molecule has 3 aromatic rings. The lowest BCUT2D eigenvalue weighted by Gasteiger charge is -2.16. The standard InChI is InChI=1S/C14H11BClN3O/c1-9(10-3-2-4-17-6-10)20-13-5-11(15)8-19-14(13)12(16)7-18-19/h2-9H,1H3. The van der Waals surface area contributed by atoms with Gasteiger partial charge in [0.25, 0.3) is 0 Å². The highest BCUT2D eigenvalue weighted by molar-refractivity contribution is 6.35. The van der Waals surface area contributed by atoms with Crippen molar-refractivity contribution in [3.8, 4) is 5.75 Å². The van der Waals surface area contributed by atoms with Crippen molar-refractivity contribution in [3.05, 3.63) is 53.6 Å². The van der Waals surface area contributed by atoms with Crippen LogP contribution in [0.5, 0.6) is 5.75 Å². The molecule has 2 radical (unpaired) electrons. The van der Waals surface area contributed by atoms with Crippen molar-refractivity contribution in [3.63, 3.8) is 0 Å². The molecule has 4 nitrogen and oxygen atoms in total. The molecule has 0 N–H and O–H groups in total. The summed E-state index contributed by atoms with van der Waals surface area (Å²) in [5.74, 6) is 0.601. The van der Waals surface area contributed by atoms with Crippen LogP contribution >= 0.6 is 11.6 Å². The van der Waals surface area contributed by atoms with E-state index in [2.05, 4.69) is 10.1 Å². The molecule has 0 amide bonds. The first-order valence-corrected chi connectivity index (χ1v) is 6.52. The molecule has 20 heavy (non-hydrogen) atoms. The molecule has 0 aromatic carbocycles. The van der Waals surface area contributed by atoms with Crippen LogP contribution in [0.15, 0.2) is 43.0 Å². The molecule has 0 saturated heterocycles. The fourth-order valence-electron chi connectivity index (χ4n) is 2.03. The summed E-state index contributed by atoms with van der Waals surface area (Å²) in [4.78, 5) is 4.09. The lowest BCUT2D eigenvalue weighted by molar-refractivity contribution is 0.228. The molecule has 0 aliphatic heterocycles. The fraction of sp³-hybridized carbons (Fsp3) is 0.143. The van der Waals surface area contributed by atoms with Crippen molar-refractivity contribution >= 4 is 30.4 Å². The Morgan fingerprint density at radius 2 is 2.25 bits per heavy atom. The molecule has 3 heterocycles. The number of pyridine rings is 2. The Kier molecular flexibility index (Phi) is 3.36. The Morgan fingerprint density at radius 1 is 1.40 bits per heavy atom. The molecule has 0 aliphatic carbocycles. The zero-order chi connectivity index (χ0) is 14.1. The van der Waals surface area contributed by atoms with Gasteiger partial charge < -0.3 is 4.74 Å². The summed E-state index contributed by atoms with van der Waals surface area (Å²) in [6, 6.07) is 5.57. The first-order valence-electron chi connectivity index (χ1n) is 6.14. The topological polar surface area (TPSA) is 39.4 Å². The van der Waals surface area contributed by atoms with Crippen LogP contribution in [0.2, 0.25) is 5.02 Å². The van der Waals surface area contributed by atoms with Crippen molar-refractivity contribution in [2.75, 3.05) is 0 Å². The fourth-order valence-corrected chi connectivity index (χ4v) is 2.26. The van der Waals surface area contributed by atoms with Gasteiger partial charge in [0, 0.05) is 24.2 Å². The molecule has 0 aliphatic rings. The van der Waals surface area contributed by atoms with Crippen LogP contribution < -0.4 is 10.2 Å². The van der Waals surface area contributed by atoms with E-state index in [-0.39, 0.29) is 6.10 Å². The lowest BCUT2D eigenvalue weighted by Crippen LogP contribution is -2.10. The second kappa shape index (κ2) is 5.17. The van der Waals surface area contributed by atoms with E-state index >= 15 is 0 Å². The van der Waals surface area contributed by atoms with E-state index in [1.54, 1.807) is 35.4 Å². The maximum atomic E-state index is 6.14. The van der Waals surface area contributed by atoms with Crippen molar-refractivity contribution in [1.82, 2.24) is 14.6 Å². The van der Waals surface area contributed by atoms with Gasteiger partial charge >= 0.3 is 0 Å². The Morgan fingerprint density at radius 3 is 3.00 bits per heavy atom. The summed E-state index contributed by atoms with van der Waals surface area (Å²) in [7, 11) is 5.85. The van der Waals surface area contributed by atoms with Crippen LogP contribution in [-0.2, 0) is 0 Å². The molecule has 1 atom stereocenters. The highest BCUT2D eigenvalue weighted by Crippen LogP contribution is 2.29. The predicted molar refractivity (Wildman–Crippen MR) is 78.9 cm³/mol. The van der Waals surface area contributed by atoms with Crippen molar-refractivity contribution in [1.29, 1.82) is 0 Å². The number of hydrogen-bond donors (Lipinski definition) is 0. The van der Waals surface area contributed by atoms with Gasteiger partial charge in [0.1, 0.15) is 25.2 Å². The molecule has 1 unspecified atom stereocenters. The lowest BCUT2D eigenvalue weighted by atomic mass is 9.98. The van der Waals surface area contributed by atoms with E-state index in [0.29, 0.717) is 21.8 Å². The Balaban J connectivity index is 2.00. The van der Waals surface area contributed by atoms with Crippen LogP contribution in [0.25, 0.3) is 5.52 Å². The molecule has 0 saturated carbocycles. The van der Waals surface area contributed by atoms with Gasteiger partial charge in [0.2, 0.25) is 0 Å². The Labute approximate surface area is 122 Å². The van der Waals surface area contributed by atoms with E-state index < -0.39 is 0 Å². The zero-order valence-corrected chi connectivity index (χ0v) is 11.6. The minimum absolute atomic E-state index is 0.166. The third kappa shape index (κ3) is 2.37. The number of rotatable bonds is 3. The summed E-state index contributed by atoms with van der Waals surface area (Å²) in [5, 5.41) is 4.66. The molecule has 98 valence electrons. The second-order valence-corrected chi connectivity index (χ2v) is 4.88. The smallest absolute Gasteiger partial charge is 0.146 e. The number of ether oxygens (including phenoxy) is 1. The van der Waals surface area contributed by atoms with Crippen LogP contribution in [0.1, 0.15) is 18.6 Å². The first kappa shape index (κ1) is 13.0. The average Bonchev–Trinajstić information content (AvgIpc) is 2.81. The van der Waals surface area contributed by atoms with Gasteiger partial charge in [0.15, 0.2) is 0 Å². The maximum absolute atomic E-state index is 6.14. The molecule has 0 fully saturated rings. The van der Waals surface area contributed by atoms with Crippen LogP contribution in [0.3, 0.4) is 0 Å². The van der Waals surface area contributed by atoms with E-state index in [1.165, 1.54) is 0 Å². The highest BCUT2D eigenvalue weighted by Gasteiger charge is 2.13. The second-order valence-electron chi connectivity index (χ2n) is 4.47. The molecular formula is C14H11BClN3O. The normalized spacial score (nSPS) is 12.5. The average molecular weight is 284 g/mol. The summed E-state index contributed by atoms with van der Waals surface area (Å²) in [5.41, 5.74) is 2.24.